The Kier molecular flexibility index (Phi) is 5.58. The van der Waals surface area contributed by atoms with Gasteiger partial charge in [0.2, 0.25) is 5.91 Å². The maximum atomic E-state index is 11.8. The predicted octanol–water partition coefficient (Wildman–Crippen LogP) is 3.73. The van der Waals surface area contributed by atoms with Crippen LogP contribution in [0.2, 0.25) is 0 Å². The first-order valence-electron chi connectivity index (χ1n) is 11.2. The zero-order valence-electron chi connectivity index (χ0n) is 19.0. The highest BCUT2D eigenvalue weighted by molar-refractivity contribution is 5.90. The van der Waals surface area contributed by atoms with E-state index in [4.69, 9.17) is 14.2 Å². The van der Waals surface area contributed by atoms with Gasteiger partial charge in [-0.3, -0.25) is 9.78 Å². The minimum Gasteiger partial charge on any atom is -0.493 e. The number of amides is 1. The van der Waals surface area contributed by atoms with Crippen molar-refractivity contribution in [2.24, 2.45) is 17.8 Å². The molecule has 0 spiro atoms. The standard InChI is InChI=1S/C26H28N2O5/c1-14(29)19-7-15(10-24(31-2)25(19)32-3)16-8-22-18(5-4-6-27-22)23(9-16)33-13-17-12-28-26(30)21-11-20(17)21/h4-10,14,17,20-21,29H,11-13H2,1-3H3,(H,28,30)/t14?,17-,20+,21-/m1/s1. The lowest BCUT2D eigenvalue weighted by molar-refractivity contribution is -0.124. The molecule has 1 aromatic heterocycles. The second kappa shape index (κ2) is 8.56. The normalized spacial score (nSPS) is 22.3. The van der Waals surface area contributed by atoms with Gasteiger partial charge in [-0.2, -0.15) is 0 Å². The highest BCUT2D eigenvalue weighted by Gasteiger charge is 2.50. The first-order chi connectivity index (χ1) is 16.0. The molecule has 1 aliphatic heterocycles. The molecule has 7 nitrogen and oxygen atoms in total. The summed E-state index contributed by atoms with van der Waals surface area (Å²) in [4.78, 5) is 16.4. The zero-order chi connectivity index (χ0) is 23.1. The summed E-state index contributed by atoms with van der Waals surface area (Å²) in [7, 11) is 3.14. The first-order valence-corrected chi connectivity index (χ1v) is 11.2. The number of benzene rings is 2. The summed E-state index contributed by atoms with van der Waals surface area (Å²) in [6.07, 6.45) is 1.99. The molecule has 1 saturated carbocycles. The minimum absolute atomic E-state index is 0.155. The van der Waals surface area contributed by atoms with E-state index < -0.39 is 6.10 Å². The molecule has 7 heteroatoms. The number of hydrogen-bond donors (Lipinski definition) is 2. The average molecular weight is 449 g/mol. The summed E-state index contributed by atoms with van der Waals surface area (Å²) in [6, 6.07) is 11.7. The Hall–Kier alpha value is -3.32. The molecule has 1 saturated heterocycles. The van der Waals surface area contributed by atoms with Crippen molar-refractivity contribution in [1.29, 1.82) is 0 Å². The number of carbonyl (C=O) groups excluding carboxylic acids is 1. The van der Waals surface area contributed by atoms with Crippen molar-refractivity contribution in [2.75, 3.05) is 27.4 Å². The number of piperidine rings is 1. The summed E-state index contributed by atoms with van der Waals surface area (Å²) in [5, 5.41) is 14.3. The Balaban J connectivity index is 1.52. The number of pyridine rings is 1. The van der Waals surface area contributed by atoms with Crippen LogP contribution >= 0.6 is 0 Å². The summed E-state index contributed by atoms with van der Waals surface area (Å²) in [6.45, 7) is 2.90. The Morgan fingerprint density at radius 3 is 2.70 bits per heavy atom. The van der Waals surface area contributed by atoms with E-state index in [0.29, 0.717) is 42.0 Å². The van der Waals surface area contributed by atoms with Crippen LogP contribution in [0.15, 0.2) is 42.6 Å². The number of ether oxygens (including phenoxy) is 3. The fourth-order valence-corrected chi connectivity index (χ4v) is 4.84. The number of fused-ring (bicyclic) bond motifs is 2. The number of rotatable bonds is 7. The van der Waals surface area contributed by atoms with Crippen LogP contribution in [0.3, 0.4) is 0 Å². The van der Waals surface area contributed by atoms with Crippen molar-refractivity contribution in [1.82, 2.24) is 10.3 Å². The van der Waals surface area contributed by atoms with Gasteiger partial charge >= 0.3 is 0 Å². The second-order valence-electron chi connectivity index (χ2n) is 8.84. The number of aliphatic hydroxyl groups is 1. The highest BCUT2D eigenvalue weighted by atomic mass is 16.5. The fourth-order valence-electron chi connectivity index (χ4n) is 4.84. The molecule has 33 heavy (non-hydrogen) atoms. The predicted molar refractivity (Wildman–Crippen MR) is 125 cm³/mol. The van der Waals surface area contributed by atoms with Gasteiger partial charge in [0.1, 0.15) is 5.75 Å². The van der Waals surface area contributed by atoms with E-state index in [9.17, 15) is 9.90 Å². The molecule has 1 aliphatic carbocycles. The Bertz CT molecular complexity index is 1210. The minimum atomic E-state index is -0.726. The number of nitrogens with one attached hydrogen (secondary N) is 1. The molecule has 2 N–H and O–H groups in total. The Morgan fingerprint density at radius 2 is 1.94 bits per heavy atom. The number of methoxy groups -OCH3 is 2. The van der Waals surface area contributed by atoms with Gasteiger partial charge in [-0.15, -0.1) is 0 Å². The van der Waals surface area contributed by atoms with Crippen LogP contribution in [0.25, 0.3) is 22.0 Å². The number of aliphatic hydroxyl groups excluding tert-OH is 1. The molecule has 1 unspecified atom stereocenters. The topological polar surface area (TPSA) is 89.9 Å². The van der Waals surface area contributed by atoms with Crippen LogP contribution in [0.1, 0.15) is 25.0 Å². The van der Waals surface area contributed by atoms with Crippen molar-refractivity contribution in [3.63, 3.8) is 0 Å². The Morgan fingerprint density at radius 1 is 1.15 bits per heavy atom. The van der Waals surface area contributed by atoms with Gasteiger partial charge in [-0.05, 0) is 66.8 Å². The van der Waals surface area contributed by atoms with Gasteiger partial charge in [-0.1, -0.05) is 0 Å². The van der Waals surface area contributed by atoms with E-state index in [1.165, 1.54) is 0 Å². The zero-order valence-corrected chi connectivity index (χ0v) is 19.0. The number of aromatic nitrogens is 1. The Labute approximate surface area is 192 Å². The van der Waals surface area contributed by atoms with Crippen molar-refractivity contribution >= 4 is 16.8 Å². The molecule has 3 aromatic rings. The second-order valence-corrected chi connectivity index (χ2v) is 8.84. The number of nitrogens with zero attached hydrogens (tertiary/aromatic N) is 1. The molecule has 172 valence electrons. The lowest BCUT2D eigenvalue weighted by Gasteiger charge is -2.23. The van der Waals surface area contributed by atoms with Crippen LogP contribution in [0.5, 0.6) is 17.2 Å². The van der Waals surface area contributed by atoms with Crippen molar-refractivity contribution in [3.05, 3.63) is 48.2 Å². The third-order valence-electron chi connectivity index (χ3n) is 6.75. The largest absolute Gasteiger partial charge is 0.493 e. The molecule has 0 radical (unpaired) electrons. The lowest BCUT2D eigenvalue weighted by atomic mass is 9.97. The third-order valence-corrected chi connectivity index (χ3v) is 6.75. The third kappa shape index (κ3) is 3.97. The van der Waals surface area contributed by atoms with Crippen molar-refractivity contribution in [2.45, 2.75) is 19.4 Å². The molecular formula is C26H28N2O5. The summed E-state index contributed by atoms with van der Waals surface area (Å²) >= 11 is 0. The molecule has 2 heterocycles. The molecule has 0 bridgehead atoms. The van der Waals surface area contributed by atoms with Gasteiger partial charge in [0.25, 0.3) is 0 Å². The van der Waals surface area contributed by atoms with Gasteiger partial charge in [-0.25, -0.2) is 0 Å². The lowest BCUT2D eigenvalue weighted by Crippen LogP contribution is -2.39. The first kappa shape index (κ1) is 21.5. The molecular weight excluding hydrogens is 420 g/mol. The SMILES string of the molecule is COc1cc(-c2cc(OC[C@H]3CNC(=O)[C@@H]4C[C@@H]34)c3cccnc3c2)cc(C(C)O)c1OC. The van der Waals surface area contributed by atoms with E-state index in [0.717, 1.165) is 34.2 Å². The van der Waals surface area contributed by atoms with Crippen molar-refractivity contribution < 1.29 is 24.1 Å². The smallest absolute Gasteiger partial charge is 0.223 e. The summed E-state index contributed by atoms with van der Waals surface area (Å²) < 4.78 is 17.4. The number of hydrogen-bond acceptors (Lipinski definition) is 6. The summed E-state index contributed by atoms with van der Waals surface area (Å²) in [5.41, 5.74) is 3.24. The highest BCUT2D eigenvalue weighted by Crippen LogP contribution is 2.47. The van der Waals surface area contributed by atoms with E-state index in [-0.39, 0.29) is 11.8 Å². The average Bonchev–Trinajstić information content (AvgIpc) is 3.64. The van der Waals surface area contributed by atoms with Crippen LogP contribution in [0, 0.1) is 17.8 Å². The molecule has 1 amide bonds. The fraction of sp³-hybridized carbons (Fsp3) is 0.385. The number of carbonyl (C=O) groups is 1. The molecule has 4 atom stereocenters. The van der Waals surface area contributed by atoms with Crippen LogP contribution in [-0.2, 0) is 4.79 Å². The van der Waals surface area contributed by atoms with Crippen LogP contribution in [0.4, 0.5) is 0 Å². The quantitative estimate of drug-likeness (QED) is 0.572. The van der Waals surface area contributed by atoms with Crippen molar-refractivity contribution in [3.8, 4) is 28.4 Å². The molecule has 5 rings (SSSR count). The molecule has 2 aliphatic rings. The molecule has 2 fully saturated rings. The van der Waals surface area contributed by atoms with E-state index in [1.54, 1.807) is 27.3 Å². The van der Waals surface area contributed by atoms with Gasteiger partial charge < -0.3 is 24.6 Å². The van der Waals surface area contributed by atoms with Crippen LogP contribution in [-0.4, -0.2) is 43.4 Å². The van der Waals surface area contributed by atoms with Gasteiger partial charge in [0.05, 0.1) is 32.4 Å². The molecule has 2 aromatic carbocycles. The van der Waals surface area contributed by atoms with Crippen LogP contribution < -0.4 is 19.5 Å². The van der Waals surface area contributed by atoms with E-state index >= 15 is 0 Å². The van der Waals surface area contributed by atoms with Gasteiger partial charge in [0, 0.05) is 35.5 Å². The van der Waals surface area contributed by atoms with E-state index in [2.05, 4.69) is 10.3 Å². The summed E-state index contributed by atoms with van der Waals surface area (Å²) in [5.74, 6) is 2.88. The van der Waals surface area contributed by atoms with E-state index in [1.807, 2.05) is 36.4 Å². The monoisotopic (exact) mass is 448 g/mol. The van der Waals surface area contributed by atoms with Gasteiger partial charge in [0.15, 0.2) is 11.5 Å². The maximum Gasteiger partial charge on any atom is 0.223 e. The maximum absolute atomic E-state index is 11.8.